The molecule has 2 aromatic heterocycles. The van der Waals surface area contributed by atoms with Crippen molar-refractivity contribution in [1.82, 2.24) is 19.3 Å². The summed E-state index contributed by atoms with van der Waals surface area (Å²) in [7, 11) is 0. The second kappa shape index (κ2) is 14.5. The molecule has 2 aliphatic rings. The fraction of sp³-hybridized carbons (Fsp3) is 0.361. The SMILES string of the molecule is CCC(C)n1ncn(-c2ccc(N3CCN(c4ccc(OC[C@@H]5CO[C@@](Cc6nccs6)(c6ccc(Cl)cc6Cl)O5)cc4)CC3)cc2)c1=O. The summed E-state index contributed by atoms with van der Waals surface area (Å²) in [5.41, 5.74) is 3.72. The highest BCUT2D eigenvalue weighted by atomic mass is 35.5. The van der Waals surface area contributed by atoms with Crippen LogP contribution in [-0.4, -0.2) is 64.8 Å². The second-order valence-electron chi connectivity index (χ2n) is 12.3. The largest absolute Gasteiger partial charge is 0.491 e. The fourth-order valence-corrected chi connectivity index (χ4v) is 7.50. The quantitative estimate of drug-likeness (QED) is 0.144. The molecule has 0 radical (unpaired) electrons. The molecule has 0 aliphatic carbocycles. The Kier molecular flexibility index (Phi) is 9.98. The van der Waals surface area contributed by atoms with Crippen molar-refractivity contribution in [1.29, 1.82) is 0 Å². The Hall–Kier alpha value is -3.87. The Morgan fingerprint density at radius 1 is 0.980 bits per heavy atom. The number of hydrogen-bond donors (Lipinski definition) is 0. The first kappa shape index (κ1) is 33.6. The predicted octanol–water partition coefficient (Wildman–Crippen LogP) is 6.98. The molecule has 7 rings (SSSR count). The van der Waals surface area contributed by atoms with E-state index in [4.69, 9.17) is 37.4 Å². The van der Waals surface area contributed by atoms with Crippen molar-refractivity contribution in [3.05, 3.63) is 116 Å². The number of piperazine rings is 1. The molecule has 4 heterocycles. The van der Waals surface area contributed by atoms with Gasteiger partial charge in [-0.05, 0) is 74.0 Å². The summed E-state index contributed by atoms with van der Waals surface area (Å²) in [5, 5.41) is 8.16. The maximum Gasteiger partial charge on any atom is 0.350 e. The van der Waals surface area contributed by atoms with Crippen LogP contribution in [0.3, 0.4) is 0 Å². The fourth-order valence-electron chi connectivity index (χ4n) is 6.27. The number of halogens is 2. The number of ether oxygens (including phenoxy) is 3. The van der Waals surface area contributed by atoms with E-state index in [2.05, 4.69) is 51.1 Å². The number of anilines is 2. The van der Waals surface area contributed by atoms with E-state index < -0.39 is 5.79 Å². The molecule has 10 nitrogen and oxygen atoms in total. The van der Waals surface area contributed by atoms with Crippen LogP contribution >= 0.6 is 34.5 Å². The van der Waals surface area contributed by atoms with Gasteiger partial charge in [-0.1, -0.05) is 36.2 Å². The molecule has 256 valence electrons. The molecule has 49 heavy (non-hydrogen) atoms. The molecule has 5 aromatic rings. The lowest BCUT2D eigenvalue weighted by molar-refractivity contribution is -0.178. The molecule has 0 N–H and O–H groups in total. The van der Waals surface area contributed by atoms with Gasteiger partial charge in [-0.15, -0.1) is 11.3 Å². The number of rotatable bonds is 11. The van der Waals surface area contributed by atoms with E-state index in [-0.39, 0.29) is 17.8 Å². The molecule has 2 fully saturated rings. The average molecular weight is 722 g/mol. The maximum absolute atomic E-state index is 12.8. The summed E-state index contributed by atoms with van der Waals surface area (Å²) < 4.78 is 22.1. The summed E-state index contributed by atoms with van der Waals surface area (Å²) in [6.07, 6.45) is 4.36. The molecule has 13 heteroatoms. The van der Waals surface area contributed by atoms with Crippen molar-refractivity contribution in [3.8, 4) is 11.4 Å². The standard InChI is InChI=1S/C36H38Cl2N6O4S/c1-3-25(2)44-35(45)43(24-40-44)29-7-5-27(6-8-29)41-15-17-42(18-16-41)28-9-11-30(12-10-28)46-22-31-23-47-36(48-31,21-34-39-14-19-49-34)32-13-4-26(37)20-33(32)38/h4-14,19-20,24-25,31H,3,15-18,21-23H2,1-2H3/t25?,31-,36-/m1/s1. The van der Waals surface area contributed by atoms with Crippen LogP contribution in [0.15, 0.2) is 89.4 Å². The molecular weight excluding hydrogens is 683 g/mol. The van der Waals surface area contributed by atoms with Gasteiger partial charge in [0.05, 0.1) is 34.8 Å². The summed E-state index contributed by atoms with van der Waals surface area (Å²) in [6, 6.07) is 21.7. The molecular formula is C36H38Cl2N6O4S. The predicted molar refractivity (Wildman–Crippen MR) is 194 cm³/mol. The summed E-state index contributed by atoms with van der Waals surface area (Å²) in [5.74, 6) is -0.305. The van der Waals surface area contributed by atoms with E-state index in [1.807, 2.05) is 42.6 Å². The number of thiazole rings is 1. The molecule has 1 unspecified atom stereocenters. The van der Waals surface area contributed by atoms with Crippen LogP contribution in [0.5, 0.6) is 5.75 Å². The van der Waals surface area contributed by atoms with Gasteiger partial charge in [0.15, 0.2) is 0 Å². The highest BCUT2D eigenvalue weighted by Crippen LogP contribution is 2.42. The Morgan fingerprint density at radius 3 is 2.29 bits per heavy atom. The zero-order valence-corrected chi connectivity index (χ0v) is 29.7. The molecule has 0 saturated carbocycles. The lowest BCUT2D eigenvalue weighted by Crippen LogP contribution is -2.46. The molecule has 2 saturated heterocycles. The Bertz CT molecular complexity index is 1910. The van der Waals surface area contributed by atoms with Gasteiger partial charge in [-0.3, -0.25) is 0 Å². The molecule has 3 aromatic carbocycles. The van der Waals surface area contributed by atoms with Crippen LogP contribution < -0.4 is 20.2 Å². The van der Waals surface area contributed by atoms with Crippen molar-refractivity contribution >= 4 is 45.9 Å². The van der Waals surface area contributed by atoms with E-state index in [1.54, 1.807) is 45.2 Å². The average Bonchev–Trinajstić information content (AvgIpc) is 3.88. The maximum atomic E-state index is 12.8. The smallest absolute Gasteiger partial charge is 0.350 e. The van der Waals surface area contributed by atoms with E-state index in [0.717, 1.165) is 66.0 Å². The van der Waals surface area contributed by atoms with Crippen molar-refractivity contribution in [3.63, 3.8) is 0 Å². The third-order valence-electron chi connectivity index (χ3n) is 9.18. The van der Waals surface area contributed by atoms with E-state index in [9.17, 15) is 4.79 Å². The van der Waals surface area contributed by atoms with Crippen molar-refractivity contribution in [2.45, 2.75) is 44.6 Å². The van der Waals surface area contributed by atoms with Gasteiger partial charge in [0.2, 0.25) is 5.79 Å². The lowest BCUT2D eigenvalue weighted by atomic mass is 10.0. The van der Waals surface area contributed by atoms with Crippen molar-refractivity contribution in [2.24, 2.45) is 0 Å². The highest BCUT2D eigenvalue weighted by Gasteiger charge is 2.45. The third kappa shape index (κ3) is 7.22. The summed E-state index contributed by atoms with van der Waals surface area (Å²) in [4.78, 5) is 22.0. The first-order chi connectivity index (χ1) is 23.8. The van der Waals surface area contributed by atoms with Gasteiger partial charge in [-0.25, -0.2) is 19.0 Å². The Labute approximate surface area is 299 Å². The van der Waals surface area contributed by atoms with Gasteiger partial charge < -0.3 is 24.0 Å². The van der Waals surface area contributed by atoms with Gasteiger partial charge in [0.25, 0.3) is 0 Å². The summed E-state index contributed by atoms with van der Waals surface area (Å²) >= 11 is 14.3. The Balaban J connectivity index is 0.925. The van der Waals surface area contributed by atoms with Crippen LogP contribution in [0.1, 0.15) is 36.9 Å². The van der Waals surface area contributed by atoms with E-state index >= 15 is 0 Å². The minimum Gasteiger partial charge on any atom is -0.491 e. The van der Waals surface area contributed by atoms with Crippen molar-refractivity contribution < 1.29 is 14.2 Å². The lowest BCUT2D eigenvalue weighted by Gasteiger charge is -2.37. The highest BCUT2D eigenvalue weighted by molar-refractivity contribution is 7.09. The van der Waals surface area contributed by atoms with E-state index in [1.165, 1.54) is 0 Å². The summed E-state index contributed by atoms with van der Waals surface area (Å²) in [6.45, 7) is 8.31. The van der Waals surface area contributed by atoms with Gasteiger partial charge >= 0.3 is 5.69 Å². The topological polar surface area (TPSA) is 86.9 Å². The Morgan fingerprint density at radius 2 is 1.65 bits per heavy atom. The van der Waals surface area contributed by atoms with Crippen molar-refractivity contribution in [2.75, 3.05) is 49.2 Å². The normalized spacial score (nSPS) is 20.1. The van der Waals surface area contributed by atoms with Crippen LogP contribution in [0.4, 0.5) is 11.4 Å². The number of hydrogen-bond acceptors (Lipinski definition) is 9. The van der Waals surface area contributed by atoms with Gasteiger partial charge in [0.1, 0.15) is 24.8 Å². The van der Waals surface area contributed by atoms with Crippen LogP contribution in [-0.2, 0) is 21.7 Å². The minimum absolute atomic E-state index is 0.0670. The zero-order valence-electron chi connectivity index (χ0n) is 27.4. The van der Waals surface area contributed by atoms with Crippen LogP contribution in [0.25, 0.3) is 5.69 Å². The second-order valence-corrected chi connectivity index (χ2v) is 14.1. The number of nitrogens with zero attached hydrogens (tertiary/aromatic N) is 6. The van der Waals surface area contributed by atoms with Crippen LogP contribution in [0, 0.1) is 0 Å². The molecule has 0 spiro atoms. The molecule has 3 atom stereocenters. The number of benzene rings is 3. The van der Waals surface area contributed by atoms with Crippen LogP contribution in [0.2, 0.25) is 10.0 Å². The molecule has 0 bridgehead atoms. The molecule has 0 amide bonds. The minimum atomic E-state index is -1.07. The first-order valence-electron chi connectivity index (χ1n) is 16.5. The first-order valence-corrected chi connectivity index (χ1v) is 18.1. The third-order valence-corrected chi connectivity index (χ3v) is 10.5. The van der Waals surface area contributed by atoms with Gasteiger partial charge in [-0.2, -0.15) is 5.10 Å². The molecule has 2 aliphatic heterocycles. The zero-order chi connectivity index (χ0) is 34.0. The van der Waals surface area contributed by atoms with Gasteiger partial charge in [0, 0.05) is 59.7 Å². The van der Waals surface area contributed by atoms with E-state index in [0.29, 0.717) is 29.7 Å². The number of aromatic nitrogens is 4. The monoisotopic (exact) mass is 720 g/mol.